The molecule has 8 heteroatoms. The molecule has 126 valence electrons. The van der Waals surface area contributed by atoms with E-state index in [0.717, 1.165) is 37.4 Å². The number of hydrogen-bond donors (Lipinski definition) is 2. The SMILES string of the molecule is O=C1CCN(N2Cc3c(cccc3N3CCNCC3)C2=O)C(=O)N1. The van der Waals surface area contributed by atoms with Gasteiger partial charge in [0.15, 0.2) is 0 Å². The lowest BCUT2D eigenvalue weighted by atomic mass is 10.1. The highest BCUT2D eigenvalue weighted by Gasteiger charge is 2.38. The van der Waals surface area contributed by atoms with Gasteiger partial charge in [0.1, 0.15) is 0 Å². The fraction of sp³-hybridized carbons (Fsp3) is 0.438. The van der Waals surface area contributed by atoms with E-state index in [4.69, 9.17) is 0 Å². The van der Waals surface area contributed by atoms with Crippen LogP contribution in [-0.4, -0.2) is 60.6 Å². The molecule has 24 heavy (non-hydrogen) atoms. The van der Waals surface area contributed by atoms with E-state index in [1.165, 1.54) is 10.0 Å². The molecule has 0 atom stereocenters. The van der Waals surface area contributed by atoms with Crippen molar-refractivity contribution in [1.82, 2.24) is 20.7 Å². The van der Waals surface area contributed by atoms with Gasteiger partial charge in [-0.25, -0.2) is 14.8 Å². The summed E-state index contributed by atoms with van der Waals surface area (Å²) in [6, 6.07) is 5.19. The molecule has 1 aromatic carbocycles. The van der Waals surface area contributed by atoms with E-state index in [9.17, 15) is 14.4 Å². The van der Waals surface area contributed by atoms with Gasteiger partial charge in [-0.05, 0) is 12.1 Å². The number of carbonyl (C=O) groups is 3. The molecule has 4 amide bonds. The maximum absolute atomic E-state index is 12.7. The van der Waals surface area contributed by atoms with E-state index in [1.807, 2.05) is 12.1 Å². The molecule has 0 aliphatic carbocycles. The number of nitrogens with one attached hydrogen (secondary N) is 2. The van der Waals surface area contributed by atoms with Crippen molar-refractivity contribution in [3.05, 3.63) is 29.3 Å². The first kappa shape index (κ1) is 14.9. The third kappa shape index (κ3) is 2.39. The quantitative estimate of drug-likeness (QED) is 0.792. The Balaban J connectivity index is 1.62. The summed E-state index contributed by atoms with van der Waals surface area (Å²) in [5.41, 5.74) is 2.64. The van der Waals surface area contributed by atoms with E-state index in [-0.39, 0.29) is 24.8 Å². The number of carbonyl (C=O) groups excluding carboxylic acids is 3. The summed E-state index contributed by atoms with van der Waals surface area (Å²) in [7, 11) is 0. The number of hydrogen-bond acceptors (Lipinski definition) is 5. The molecule has 2 N–H and O–H groups in total. The zero-order valence-corrected chi connectivity index (χ0v) is 13.2. The Morgan fingerprint density at radius 1 is 0.958 bits per heavy atom. The smallest absolute Gasteiger partial charge is 0.342 e. The minimum absolute atomic E-state index is 0.188. The average Bonchev–Trinajstić information content (AvgIpc) is 2.93. The Bertz CT molecular complexity index is 714. The maximum atomic E-state index is 12.7. The van der Waals surface area contributed by atoms with Crippen LogP contribution in [0.5, 0.6) is 0 Å². The Morgan fingerprint density at radius 2 is 1.75 bits per heavy atom. The third-order valence-electron chi connectivity index (χ3n) is 4.70. The summed E-state index contributed by atoms with van der Waals surface area (Å²) in [6.45, 7) is 4.20. The molecular weight excluding hydrogens is 310 g/mol. The van der Waals surface area contributed by atoms with E-state index in [1.54, 1.807) is 6.07 Å². The highest BCUT2D eigenvalue weighted by molar-refractivity contribution is 6.03. The number of benzene rings is 1. The molecule has 3 heterocycles. The summed E-state index contributed by atoms with van der Waals surface area (Å²) in [6.07, 6.45) is 0.205. The van der Waals surface area contributed by atoms with E-state index >= 15 is 0 Å². The lowest BCUT2D eigenvalue weighted by Crippen LogP contribution is -2.56. The largest absolute Gasteiger partial charge is 0.369 e. The van der Waals surface area contributed by atoms with Crippen LogP contribution in [-0.2, 0) is 11.3 Å². The number of piperazine rings is 1. The van der Waals surface area contributed by atoms with Gasteiger partial charge in [0.25, 0.3) is 5.91 Å². The van der Waals surface area contributed by atoms with Crippen LogP contribution < -0.4 is 15.5 Å². The van der Waals surface area contributed by atoms with Gasteiger partial charge in [-0.15, -0.1) is 0 Å². The van der Waals surface area contributed by atoms with Gasteiger partial charge in [0.2, 0.25) is 5.91 Å². The molecule has 0 unspecified atom stereocenters. The molecule has 8 nitrogen and oxygen atoms in total. The number of amides is 4. The van der Waals surface area contributed by atoms with Crippen LogP contribution in [0.25, 0.3) is 0 Å². The average molecular weight is 329 g/mol. The number of nitrogens with zero attached hydrogens (tertiary/aromatic N) is 3. The normalized spacial score (nSPS) is 21.2. The Labute approximate surface area is 139 Å². The zero-order chi connectivity index (χ0) is 16.7. The summed E-state index contributed by atoms with van der Waals surface area (Å²) in [5.74, 6) is -0.492. The van der Waals surface area contributed by atoms with Gasteiger partial charge < -0.3 is 10.2 Å². The molecular formula is C16H19N5O3. The first-order valence-electron chi connectivity index (χ1n) is 8.16. The van der Waals surface area contributed by atoms with Gasteiger partial charge in [-0.1, -0.05) is 6.07 Å². The van der Waals surface area contributed by atoms with Crippen molar-refractivity contribution in [2.45, 2.75) is 13.0 Å². The van der Waals surface area contributed by atoms with Crippen molar-refractivity contribution in [1.29, 1.82) is 0 Å². The zero-order valence-electron chi connectivity index (χ0n) is 13.2. The first-order valence-corrected chi connectivity index (χ1v) is 8.16. The van der Waals surface area contributed by atoms with Gasteiger partial charge in [0.05, 0.1) is 13.1 Å². The Kier molecular flexibility index (Phi) is 3.61. The first-order chi connectivity index (χ1) is 11.6. The predicted molar refractivity (Wildman–Crippen MR) is 86.3 cm³/mol. The fourth-order valence-electron chi connectivity index (χ4n) is 3.48. The van der Waals surface area contributed by atoms with Crippen LogP contribution in [0.3, 0.4) is 0 Å². The fourth-order valence-corrected chi connectivity index (χ4v) is 3.48. The second-order valence-electron chi connectivity index (χ2n) is 6.13. The monoisotopic (exact) mass is 329 g/mol. The second-order valence-corrected chi connectivity index (χ2v) is 6.13. The highest BCUT2D eigenvalue weighted by atomic mass is 16.2. The molecule has 0 bridgehead atoms. The number of rotatable bonds is 2. The van der Waals surface area contributed by atoms with Crippen molar-refractivity contribution < 1.29 is 14.4 Å². The number of imide groups is 1. The van der Waals surface area contributed by atoms with Crippen LogP contribution in [0.1, 0.15) is 22.3 Å². The van der Waals surface area contributed by atoms with Crippen LogP contribution in [0.2, 0.25) is 0 Å². The molecule has 1 aromatic rings. The number of anilines is 1. The van der Waals surface area contributed by atoms with Crippen molar-refractivity contribution in [3.63, 3.8) is 0 Å². The maximum Gasteiger partial charge on any atom is 0.342 e. The van der Waals surface area contributed by atoms with E-state index < -0.39 is 6.03 Å². The summed E-state index contributed by atoms with van der Waals surface area (Å²) in [4.78, 5) is 38.4. The van der Waals surface area contributed by atoms with Gasteiger partial charge in [0, 0.05) is 49.4 Å². The molecule has 0 aromatic heterocycles. The number of hydrazine groups is 1. The molecule has 0 saturated carbocycles. The Hall–Kier alpha value is -2.61. The molecule has 2 fully saturated rings. The second kappa shape index (κ2) is 5.79. The summed E-state index contributed by atoms with van der Waals surface area (Å²) >= 11 is 0. The number of fused-ring (bicyclic) bond motifs is 1. The van der Waals surface area contributed by atoms with Crippen molar-refractivity contribution in [2.75, 3.05) is 37.6 Å². The molecule has 3 aliphatic heterocycles. The van der Waals surface area contributed by atoms with Gasteiger partial charge in [-0.2, -0.15) is 0 Å². The van der Waals surface area contributed by atoms with E-state index in [2.05, 4.69) is 15.5 Å². The summed E-state index contributed by atoms with van der Waals surface area (Å²) < 4.78 is 0. The van der Waals surface area contributed by atoms with Crippen molar-refractivity contribution in [2.24, 2.45) is 0 Å². The van der Waals surface area contributed by atoms with Crippen LogP contribution in [0.15, 0.2) is 18.2 Å². The lowest BCUT2D eigenvalue weighted by molar-refractivity contribution is -0.123. The molecule has 3 aliphatic rings. The molecule has 2 saturated heterocycles. The van der Waals surface area contributed by atoms with Crippen molar-refractivity contribution in [3.8, 4) is 0 Å². The molecule has 4 rings (SSSR count). The Morgan fingerprint density at radius 3 is 2.50 bits per heavy atom. The minimum Gasteiger partial charge on any atom is -0.369 e. The molecule has 0 spiro atoms. The topological polar surface area (TPSA) is 85.0 Å². The molecule has 0 radical (unpaired) electrons. The summed E-state index contributed by atoms with van der Waals surface area (Å²) in [5, 5.41) is 8.37. The number of urea groups is 1. The highest BCUT2D eigenvalue weighted by Crippen LogP contribution is 2.33. The lowest BCUT2D eigenvalue weighted by Gasteiger charge is -2.34. The van der Waals surface area contributed by atoms with Crippen molar-refractivity contribution >= 4 is 23.5 Å². The van der Waals surface area contributed by atoms with Crippen LogP contribution in [0, 0.1) is 0 Å². The van der Waals surface area contributed by atoms with Gasteiger partial charge in [-0.3, -0.25) is 14.9 Å². The van der Waals surface area contributed by atoms with Gasteiger partial charge >= 0.3 is 6.03 Å². The predicted octanol–water partition coefficient (Wildman–Crippen LogP) is -0.0911. The third-order valence-corrected chi connectivity index (χ3v) is 4.70. The standard InChI is InChI=1S/C16H19N5O3/c22-14-4-7-20(16(24)18-14)21-10-12-11(15(21)23)2-1-3-13(12)19-8-5-17-6-9-19/h1-3,17H,4-10H2,(H,18,22,24). The van der Waals surface area contributed by atoms with E-state index in [0.29, 0.717) is 12.1 Å². The van der Waals surface area contributed by atoms with Crippen LogP contribution in [0.4, 0.5) is 10.5 Å². The van der Waals surface area contributed by atoms with Crippen LogP contribution >= 0.6 is 0 Å². The minimum atomic E-state index is -0.531.